The lowest BCUT2D eigenvalue weighted by Crippen LogP contribution is -2.39. The number of piperidine rings is 1. The highest BCUT2D eigenvalue weighted by atomic mass is 16.5. The van der Waals surface area contributed by atoms with Crippen molar-refractivity contribution >= 4 is 5.97 Å². The first-order valence-corrected chi connectivity index (χ1v) is 6.03. The second kappa shape index (κ2) is 5.30. The number of carbonyl (C=O) groups excluding carboxylic acids is 1. The number of nitrogens with zero attached hydrogens (tertiary/aromatic N) is 1. The molecule has 0 amide bonds. The van der Waals surface area contributed by atoms with Gasteiger partial charge < -0.3 is 4.74 Å². The van der Waals surface area contributed by atoms with Crippen molar-refractivity contribution in [1.82, 2.24) is 4.90 Å². The van der Waals surface area contributed by atoms with Gasteiger partial charge >= 0.3 is 5.97 Å². The van der Waals surface area contributed by atoms with E-state index in [4.69, 9.17) is 4.74 Å². The third kappa shape index (κ3) is 2.73. The lowest BCUT2D eigenvalue weighted by molar-refractivity contribution is -0.144. The molecule has 16 heavy (non-hydrogen) atoms. The Kier molecular flexibility index (Phi) is 3.78. The molecule has 88 valence electrons. The Morgan fingerprint density at radius 2 is 2.50 bits per heavy atom. The van der Waals surface area contributed by atoms with E-state index < -0.39 is 0 Å². The summed E-state index contributed by atoms with van der Waals surface area (Å²) in [4.78, 5) is 13.6. The van der Waals surface area contributed by atoms with E-state index in [9.17, 15) is 4.79 Å². The van der Waals surface area contributed by atoms with Crippen LogP contribution in [0.3, 0.4) is 0 Å². The highest BCUT2D eigenvalue weighted by Gasteiger charge is 2.25. The van der Waals surface area contributed by atoms with Crippen molar-refractivity contribution in [3.63, 3.8) is 0 Å². The maximum Gasteiger partial charge on any atom is 0.320 e. The van der Waals surface area contributed by atoms with Crippen molar-refractivity contribution in [3.05, 3.63) is 23.8 Å². The van der Waals surface area contributed by atoms with Crippen molar-refractivity contribution in [2.45, 2.75) is 19.8 Å². The van der Waals surface area contributed by atoms with Crippen LogP contribution in [0, 0.1) is 5.92 Å². The molecule has 0 aromatic heterocycles. The van der Waals surface area contributed by atoms with E-state index in [1.807, 2.05) is 6.92 Å². The molecule has 0 saturated carbocycles. The Hall–Kier alpha value is -1.09. The standard InChI is InChI=1S/C13H19NO2/c1-2-16-13(15)10-14-8-7-11-5-3-4-6-12(11)9-14/h3-4,6,11H,2,5,7-10H2,1H3. The van der Waals surface area contributed by atoms with Crippen LogP contribution in [-0.2, 0) is 9.53 Å². The summed E-state index contributed by atoms with van der Waals surface area (Å²) in [5.74, 6) is 0.608. The molecule has 1 aliphatic heterocycles. The molecular weight excluding hydrogens is 202 g/mol. The molecule has 1 heterocycles. The number of allylic oxidation sites excluding steroid dienone is 3. The largest absolute Gasteiger partial charge is 0.465 e. The summed E-state index contributed by atoms with van der Waals surface area (Å²) in [6.45, 7) is 4.68. The SMILES string of the molecule is CCOC(=O)CN1CCC2CC=CC=C2C1. The maximum absolute atomic E-state index is 11.4. The topological polar surface area (TPSA) is 29.5 Å². The van der Waals surface area contributed by atoms with Crippen LogP contribution in [0.2, 0.25) is 0 Å². The number of hydrogen-bond donors (Lipinski definition) is 0. The Bertz CT molecular complexity index is 320. The van der Waals surface area contributed by atoms with Crippen LogP contribution >= 0.6 is 0 Å². The molecule has 1 saturated heterocycles. The fourth-order valence-electron chi connectivity index (χ4n) is 2.41. The minimum atomic E-state index is -0.104. The fraction of sp³-hybridized carbons (Fsp3) is 0.615. The predicted molar refractivity (Wildman–Crippen MR) is 63.0 cm³/mol. The zero-order valence-corrected chi connectivity index (χ0v) is 9.82. The van der Waals surface area contributed by atoms with Crippen LogP contribution in [0.1, 0.15) is 19.8 Å². The molecule has 3 heteroatoms. The molecule has 1 unspecified atom stereocenters. The van der Waals surface area contributed by atoms with E-state index >= 15 is 0 Å². The molecule has 1 atom stereocenters. The maximum atomic E-state index is 11.4. The monoisotopic (exact) mass is 221 g/mol. The molecule has 0 bridgehead atoms. The van der Waals surface area contributed by atoms with E-state index in [1.165, 1.54) is 12.0 Å². The van der Waals surface area contributed by atoms with Gasteiger partial charge in [0.15, 0.2) is 0 Å². The second-order valence-electron chi connectivity index (χ2n) is 4.41. The van der Waals surface area contributed by atoms with Crippen LogP contribution < -0.4 is 0 Å². The van der Waals surface area contributed by atoms with Gasteiger partial charge in [-0.15, -0.1) is 0 Å². The average Bonchev–Trinajstić information content (AvgIpc) is 2.29. The van der Waals surface area contributed by atoms with Gasteiger partial charge in [0.05, 0.1) is 13.2 Å². The summed E-state index contributed by atoms with van der Waals surface area (Å²) in [5.41, 5.74) is 1.47. The molecule has 2 rings (SSSR count). The molecule has 0 aromatic carbocycles. The first kappa shape index (κ1) is 11.4. The van der Waals surface area contributed by atoms with Gasteiger partial charge in [0, 0.05) is 6.54 Å². The van der Waals surface area contributed by atoms with Gasteiger partial charge in [0.25, 0.3) is 0 Å². The summed E-state index contributed by atoms with van der Waals surface area (Å²) in [5, 5.41) is 0. The van der Waals surface area contributed by atoms with Gasteiger partial charge in [-0.25, -0.2) is 0 Å². The molecule has 1 aliphatic carbocycles. The summed E-state index contributed by atoms with van der Waals surface area (Å²) in [6, 6.07) is 0. The predicted octanol–water partition coefficient (Wildman–Crippen LogP) is 1.76. The average molecular weight is 221 g/mol. The summed E-state index contributed by atoms with van der Waals surface area (Å²) in [6.07, 6.45) is 8.88. The van der Waals surface area contributed by atoms with Crippen LogP contribution in [0.25, 0.3) is 0 Å². The number of ether oxygens (including phenoxy) is 1. The van der Waals surface area contributed by atoms with Crippen molar-refractivity contribution in [1.29, 1.82) is 0 Å². The lowest BCUT2D eigenvalue weighted by Gasteiger charge is -2.34. The van der Waals surface area contributed by atoms with Gasteiger partial charge in [-0.2, -0.15) is 0 Å². The molecule has 0 radical (unpaired) electrons. The molecule has 0 aromatic rings. The number of likely N-dealkylation sites (tertiary alicyclic amines) is 1. The summed E-state index contributed by atoms with van der Waals surface area (Å²) < 4.78 is 4.97. The molecule has 0 spiro atoms. The van der Waals surface area contributed by atoms with Crippen LogP contribution in [0.15, 0.2) is 23.8 Å². The molecular formula is C13H19NO2. The first-order valence-electron chi connectivity index (χ1n) is 6.03. The van der Waals surface area contributed by atoms with E-state index in [-0.39, 0.29) is 5.97 Å². The van der Waals surface area contributed by atoms with Crippen molar-refractivity contribution < 1.29 is 9.53 Å². The number of esters is 1. The molecule has 0 N–H and O–H groups in total. The molecule has 2 aliphatic rings. The van der Waals surface area contributed by atoms with Gasteiger partial charge in [-0.3, -0.25) is 9.69 Å². The van der Waals surface area contributed by atoms with E-state index in [1.54, 1.807) is 0 Å². The van der Waals surface area contributed by atoms with E-state index in [2.05, 4.69) is 23.1 Å². The van der Waals surface area contributed by atoms with Crippen LogP contribution in [0.4, 0.5) is 0 Å². The summed E-state index contributed by atoms with van der Waals surface area (Å²) in [7, 11) is 0. The van der Waals surface area contributed by atoms with Gasteiger partial charge in [0.2, 0.25) is 0 Å². The highest BCUT2D eigenvalue weighted by Crippen LogP contribution is 2.28. The third-order valence-corrected chi connectivity index (χ3v) is 3.25. The second-order valence-corrected chi connectivity index (χ2v) is 4.41. The molecule has 1 fully saturated rings. The van der Waals surface area contributed by atoms with Crippen molar-refractivity contribution in [3.8, 4) is 0 Å². The quantitative estimate of drug-likeness (QED) is 0.680. The highest BCUT2D eigenvalue weighted by molar-refractivity contribution is 5.71. The zero-order valence-electron chi connectivity index (χ0n) is 9.82. The van der Waals surface area contributed by atoms with Gasteiger partial charge in [0.1, 0.15) is 0 Å². The smallest absolute Gasteiger partial charge is 0.320 e. The molecule has 3 nitrogen and oxygen atoms in total. The number of fused-ring (bicyclic) bond motifs is 1. The lowest BCUT2D eigenvalue weighted by atomic mass is 9.85. The Morgan fingerprint density at radius 1 is 1.62 bits per heavy atom. The van der Waals surface area contributed by atoms with Gasteiger partial charge in [-0.05, 0) is 32.2 Å². The normalized spacial score (nSPS) is 24.8. The van der Waals surface area contributed by atoms with Gasteiger partial charge in [-0.1, -0.05) is 23.8 Å². The first-order chi connectivity index (χ1) is 7.79. The number of carbonyl (C=O) groups is 1. The van der Waals surface area contributed by atoms with Crippen molar-refractivity contribution in [2.75, 3.05) is 26.2 Å². The number of rotatable bonds is 3. The van der Waals surface area contributed by atoms with Crippen LogP contribution in [-0.4, -0.2) is 37.1 Å². The number of hydrogen-bond acceptors (Lipinski definition) is 3. The third-order valence-electron chi connectivity index (χ3n) is 3.25. The minimum absolute atomic E-state index is 0.104. The zero-order chi connectivity index (χ0) is 11.4. The Balaban J connectivity index is 1.87. The minimum Gasteiger partial charge on any atom is -0.465 e. The van der Waals surface area contributed by atoms with Crippen LogP contribution in [0.5, 0.6) is 0 Å². The fourth-order valence-corrected chi connectivity index (χ4v) is 2.41. The van der Waals surface area contributed by atoms with E-state index in [0.29, 0.717) is 19.1 Å². The van der Waals surface area contributed by atoms with E-state index in [0.717, 1.165) is 19.5 Å². The van der Waals surface area contributed by atoms with Crippen molar-refractivity contribution in [2.24, 2.45) is 5.92 Å². The summed E-state index contributed by atoms with van der Waals surface area (Å²) >= 11 is 0. The Labute approximate surface area is 96.8 Å². The Morgan fingerprint density at radius 3 is 3.31 bits per heavy atom.